The van der Waals surface area contributed by atoms with E-state index >= 15 is 13.2 Å². The van der Waals surface area contributed by atoms with Crippen molar-refractivity contribution in [2.75, 3.05) is 74.5 Å². The molecular formula is C43H50F3N11O4. The molecule has 0 saturated carbocycles. The fourth-order valence-electron chi connectivity index (χ4n) is 10.2. The lowest BCUT2D eigenvalue weighted by atomic mass is 9.70. The van der Waals surface area contributed by atoms with E-state index in [0.29, 0.717) is 69.4 Å². The number of nitrogens with two attached hydrogens (primary N) is 1. The highest BCUT2D eigenvalue weighted by molar-refractivity contribution is 6.06. The Hall–Kier alpha value is -5.75. The minimum atomic E-state index is -2.90. The minimum Gasteiger partial charge on any atom is -0.385 e. The second kappa shape index (κ2) is 15.6. The molecular weight excluding hydrogens is 792 g/mol. The lowest BCUT2D eigenvalue weighted by molar-refractivity contribution is -0.139. The smallest absolute Gasteiger partial charge is 0.328 e. The van der Waals surface area contributed by atoms with Gasteiger partial charge in [0.1, 0.15) is 11.5 Å². The lowest BCUT2D eigenvalue weighted by Gasteiger charge is -2.51. The van der Waals surface area contributed by atoms with Crippen molar-refractivity contribution in [3.63, 3.8) is 0 Å². The zero-order chi connectivity index (χ0) is 42.8. The number of halogens is 3. The number of anilines is 4. The van der Waals surface area contributed by atoms with Crippen LogP contribution in [0.2, 0.25) is 0 Å². The van der Waals surface area contributed by atoms with Crippen LogP contribution < -0.4 is 26.2 Å². The van der Waals surface area contributed by atoms with Crippen LogP contribution in [0.15, 0.2) is 42.6 Å². The molecule has 7 heterocycles. The molecule has 1 atom stereocenters. The molecule has 5 aliphatic rings. The third kappa shape index (κ3) is 7.42. The first kappa shape index (κ1) is 40.6. The fraction of sp³-hybridized carbons (Fsp3) is 0.488. The van der Waals surface area contributed by atoms with Crippen LogP contribution in [0.25, 0.3) is 5.65 Å². The number of primary amides is 1. The normalized spacial score (nSPS) is 21.9. The number of hydrogen-bond acceptors (Lipinski definition) is 10. The molecule has 0 radical (unpaired) electrons. The average molecular weight is 842 g/mol. The van der Waals surface area contributed by atoms with Gasteiger partial charge in [0.25, 0.3) is 17.7 Å². The predicted molar refractivity (Wildman–Crippen MR) is 222 cm³/mol. The molecule has 4 fully saturated rings. The number of fused-ring (bicyclic) bond motifs is 2. The van der Waals surface area contributed by atoms with E-state index in [9.17, 15) is 19.2 Å². The van der Waals surface area contributed by atoms with Crippen molar-refractivity contribution in [3.05, 3.63) is 76.4 Å². The van der Waals surface area contributed by atoms with Gasteiger partial charge in [-0.3, -0.25) is 34.4 Å². The Morgan fingerprint density at radius 2 is 1.69 bits per heavy atom. The van der Waals surface area contributed by atoms with Gasteiger partial charge in [0.15, 0.2) is 11.5 Å². The number of urea groups is 1. The highest BCUT2D eigenvalue weighted by atomic mass is 19.3. The van der Waals surface area contributed by atoms with E-state index in [1.54, 1.807) is 11.9 Å². The molecule has 2 aromatic carbocycles. The van der Waals surface area contributed by atoms with Crippen molar-refractivity contribution in [1.29, 1.82) is 0 Å². The summed E-state index contributed by atoms with van der Waals surface area (Å²) in [5, 5.41) is 10.1. The number of rotatable bonds is 8. The summed E-state index contributed by atoms with van der Waals surface area (Å²) >= 11 is 0. The van der Waals surface area contributed by atoms with E-state index < -0.39 is 35.6 Å². The number of carbonyl (C=O) groups excluding carboxylic acids is 4. The number of imidazole rings is 1. The van der Waals surface area contributed by atoms with Crippen molar-refractivity contribution >= 4 is 52.3 Å². The van der Waals surface area contributed by atoms with Gasteiger partial charge in [-0.2, -0.15) is 0 Å². The first-order valence-electron chi connectivity index (χ1n) is 21.0. The zero-order valence-electron chi connectivity index (χ0n) is 34.4. The Labute approximate surface area is 351 Å². The molecule has 2 aromatic heterocycles. The van der Waals surface area contributed by atoms with Gasteiger partial charge in [-0.15, -0.1) is 5.10 Å². The number of nitrogens with one attached hydrogen (secondary N) is 2. The van der Waals surface area contributed by atoms with Crippen LogP contribution in [0.5, 0.6) is 0 Å². The van der Waals surface area contributed by atoms with Gasteiger partial charge in [-0.25, -0.2) is 27.5 Å². The van der Waals surface area contributed by atoms with Gasteiger partial charge in [0.2, 0.25) is 5.91 Å². The van der Waals surface area contributed by atoms with Crippen LogP contribution in [0.1, 0.15) is 76.1 Å². The maximum absolute atomic E-state index is 16.1. The van der Waals surface area contributed by atoms with Crippen LogP contribution >= 0.6 is 0 Å². The molecule has 61 heavy (non-hydrogen) atoms. The number of nitrogens with zero attached hydrogens (tertiary/aromatic N) is 8. The van der Waals surface area contributed by atoms with Crippen molar-refractivity contribution in [2.24, 2.45) is 11.1 Å². The molecule has 15 nitrogen and oxygen atoms in total. The largest absolute Gasteiger partial charge is 0.385 e. The molecule has 4 saturated heterocycles. The molecule has 1 spiro atoms. The third-order valence-electron chi connectivity index (χ3n) is 13.7. The first-order chi connectivity index (χ1) is 29.2. The number of carbonyl (C=O) groups is 4. The van der Waals surface area contributed by atoms with Crippen LogP contribution in [0.4, 0.5) is 40.8 Å². The highest BCUT2D eigenvalue weighted by Crippen LogP contribution is 2.45. The Bertz CT molecular complexity index is 2420. The molecule has 0 aliphatic carbocycles. The summed E-state index contributed by atoms with van der Waals surface area (Å²) < 4.78 is 48.8. The maximum Gasteiger partial charge on any atom is 0.328 e. The molecule has 18 heteroatoms. The summed E-state index contributed by atoms with van der Waals surface area (Å²) in [6, 6.07) is 9.09. The number of piperidine rings is 3. The van der Waals surface area contributed by atoms with Crippen LogP contribution in [-0.2, 0) is 17.8 Å². The zero-order valence-corrected chi connectivity index (χ0v) is 34.4. The van der Waals surface area contributed by atoms with E-state index in [4.69, 9.17) is 10.8 Å². The number of aromatic nitrogens is 3. The molecule has 0 bridgehead atoms. The molecule has 4 N–H and O–H groups in total. The Morgan fingerprint density at radius 3 is 2.39 bits per heavy atom. The summed E-state index contributed by atoms with van der Waals surface area (Å²) in [5.74, 6) is -4.25. The Morgan fingerprint density at radius 1 is 0.951 bits per heavy atom. The maximum atomic E-state index is 16.1. The molecule has 322 valence electrons. The van der Waals surface area contributed by atoms with E-state index in [2.05, 4.69) is 20.5 Å². The summed E-state index contributed by atoms with van der Waals surface area (Å²) in [6.45, 7) is 4.98. The summed E-state index contributed by atoms with van der Waals surface area (Å²) in [4.78, 5) is 63.2. The van der Waals surface area contributed by atoms with Crippen molar-refractivity contribution in [1.82, 2.24) is 34.6 Å². The monoisotopic (exact) mass is 841 g/mol. The summed E-state index contributed by atoms with van der Waals surface area (Å²) in [5.41, 5.74) is 10.6. The van der Waals surface area contributed by atoms with Crippen LogP contribution in [-0.4, -0.2) is 124 Å². The molecule has 5 amide bonds. The highest BCUT2D eigenvalue weighted by Gasteiger charge is 2.50. The second-order valence-corrected chi connectivity index (χ2v) is 17.2. The number of alkyl halides is 2. The van der Waals surface area contributed by atoms with Crippen molar-refractivity contribution < 1.29 is 32.3 Å². The second-order valence-electron chi connectivity index (χ2n) is 17.2. The number of hydrogen-bond donors (Lipinski definition) is 3. The molecule has 9 rings (SSSR count). The lowest BCUT2D eigenvalue weighted by Crippen LogP contribution is -2.60. The minimum absolute atomic E-state index is 0.0499. The number of benzene rings is 2. The average Bonchev–Trinajstić information content (AvgIpc) is 3.88. The molecule has 1 unspecified atom stereocenters. The van der Waals surface area contributed by atoms with E-state index in [1.165, 1.54) is 34.7 Å². The van der Waals surface area contributed by atoms with E-state index in [-0.39, 0.29) is 53.3 Å². The van der Waals surface area contributed by atoms with E-state index in [1.807, 2.05) is 34.1 Å². The van der Waals surface area contributed by atoms with E-state index in [0.717, 1.165) is 48.9 Å². The Kier molecular flexibility index (Phi) is 10.4. The van der Waals surface area contributed by atoms with Gasteiger partial charge in [0.05, 0.1) is 30.2 Å². The quantitative estimate of drug-likeness (QED) is 0.227. The summed E-state index contributed by atoms with van der Waals surface area (Å²) in [6.07, 6.45) is 5.57. The van der Waals surface area contributed by atoms with Crippen molar-refractivity contribution in [2.45, 2.75) is 70.4 Å². The number of likely N-dealkylation sites (tertiary alicyclic amines) is 3. The van der Waals surface area contributed by atoms with Gasteiger partial charge >= 0.3 is 6.03 Å². The Balaban J connectivity index is 0.804. The van der Waals surface area contributed by atoms with Crippen LogP contribution in [0.3, 0.4) is 0 Å². The SMILES string of the molecule is CNc1cc(N2CCc3c(CN4CCC(N5CCC6(CCN(C(=O)c7cc(F)c(C)c(N8CCC(=O)NC8=O)c7)CC6)CC5)C(F)(F)C4)cccc32)nn2c(C(N)=O)cnc12. The summed E-state index contributed by atoms with van der Waals surface area (Å²) in [7, 11) is 1.77. The molecule has 4 aromatic rings. The van der Waals surface area contributed by atoms with Gasteiger partial charge in [-0.05, 0) is 93.3 Å². The van der Waals surface area contributed by atoms with Gasteiger partial charge < -0.3 is 20.9 Å². The standard InChI is InChI=1S/C43H50F3N11O4/c1-26-30(44)20-28(21-33(26)56-15-8-37(58)50-41(56)61)40(60)54-18-11-42(12-19-54)9-16-53(17-10-42)35-7-13-52(25-43(35,45)46)24-27-4-3-5-32-29(27)6-14-55(32)36-22-31(48-2)39-49-23-34(38(47)59)57(39)51-36/h3-5,20-23,35,48H,6-19,24-25H2,1-2H3,(H2,47,59)(H,50,58,61). The number of amides is 5. The topological polar surface area (TPSA) is 165 Å². The van der Waals surface area contributed by atoms with Gasteiger partial charge in [-0.1, -0.05) is 12.1 Å². The number of imide groups is 1. The third-order valence-corrected chi connectivity index (χ3v) is 13.7. The van der Waals surface area contributed by atoms with Gasteiger partial charge in [0, 0.05) is 75.6 Å². The first-order valence-corrected chi connectivity index (χ1v) is 21.0. The molecule has 5 aliphatic heterocycles. The van der Waals surface area contributed by atoms with Crippen LogP contribution in [0, 0.1) is 18.2 Å². The fourth-order valence-corrected chi connectivity index (χ4v) is 10.2. The predicted octanol–water partition coefficient (Wildman–Crippen LogP) is 4.69. The van der Waals surface area contributed by atoms with Crippen molar-refractivity contribution in [3.8, 4) is 0 Å².